The van der Waals surface area contributed by atoms with Crippen LogP contribution in [0.3, 0.4) is 0 Å². The smallest absolute Gasteiger partial charge is 0.104 e. The summed E-state index contributed by atoms with van der Waals surface area (Å²) < 4.78 is 2.22. The van der Waals surface area contributed by atoms with Gasteiger partial charge in [0.15, 0.2) is 0 Å². The summed E-state index contributed by atoms with van der Waals surface area (Å²) in [5, 5.41) is 34.6. The number of nitrogens with zero attached hydrogens (tertiary/aromatic N) is 2. The Hall–Kier alpha value is -2.00. The average Bonchev–Trinajstić information content (AvgIpc) is 3.04. The number of hydrogen-bond donors (Lipinski definition) is 2. The van der Waals surface area contributed by atoms with Crippen LogP contribution in [-0.4, -0.2) is 84.6 Å². The van der Waals surface area contributed by atoms with Crippen molar-refractivity contribution in [2.24, 2.45) is 0 Å². The first-order valence-electron chi connectivity index (χ1n) is 20.1. The highest BCUT2D eigenvalue weighted by atomic mass is 16.4. The second-order valence-corrected chi connectivity index (χ2v) is 15.8. The minimum Gasteiger partial charge on any atom is -0.547 e. The molecule has 0 spiro atoms. The molecule has 2 atom stereocenters. The Balaban J connectivity index is 0. The molecule has 0 amide bonds. The Morgan fingerprint density at radius 3 is 0.900 bits per heavy atom. The number of carbonyl (C=O) groups is 2. The predicted octanol–water partition coefficient (Wildman–Crippen LogP) is 6.92. The van der Waals surface area contributed by atoms with Gasteiger partial charge in [-0.3, -0.25) is 0 Å². The largest absolute Gasteiger partial charge is 0.547 e. The maximum atomic E-state index is 9.34. The van der Waals surface area contributed by atoms with Crippen molar-refractivity contribution in [2.75, 3.05) is 41.3 Å². The van der Waals surface area contributed by atoms with E-state index in [4.69, 9.17) is 10.2 Å². The molecule has 2 N–H and O–H groups in total. The van der Waals surface area contributed by atoms with Gasteiger partial charge in [-0.25, -0.2) is 0 Å². The molecule has 1 rings (SSSR count). The van der Waals surface area contributed by atoms with E-state index >= 15 is 0 Å². The zero-order valence-corrected chi connectivity index (χ0v) is 33.9. The van der Waals surface area contributed by atoms with E-state index in [0.29, 0.717) is 0 Å². The summed E-state index contributed by atoms with van der Waals surface area (Å²) in [5.41, 5.74) is 2.98. The van der Waals surface area contributed by atoms with Crippen molar-refractivity contribution in [2.45, 2.75) is 181 Å². The van der Waals surface area contributed by atoms with Crippen LogP contribution in [0.1, 0.15) is 167 Å². The van der Waals surface area contributed by atoms with Gasteiger partial charge in [0.1, 0.15) is 13.1 Å². The summed E-state index contributed by atoms with van der Waals surface area (Å²) in [4.78, 5) is 18.7. The van der Waals surface area contributed by atoms with Gasteiger partial charge in [-0.15, -0.1) is 0 Å². The van der Waals surface area contributed by atoms with Crippen LogP contribution >= 0.6 is 0 Å². The molecule has 0 aliphatic heterocycles. The van der Waals surface area contributed by atoms with E-state index in [1.807, 2.05) is 0 Å². The highest BCUT2D eigenvalue weighted by Gasteiger charge is 2.18. The molecule has 50 heavy (non-hydrogen) atoms. The van der Waals surface area contributed by atoms with Crippen molar-refractivity contribution in [3.8, 4) is 0 Å². The average molecular weight is 709 g/mol. The molecule has 2 unspecified atom stereocenters. The van der Waals surface area contributed by atoms with Gasteiger partial charge in [0.25, 0.3) is 0 Å². The van der Waals surface area contributed by atoms with Crippen molar-refractivity contribution >= 4 is 11.9 Å². The third-order valence-corrected chi connectivity index (χ3v) is 9.16. The lowest BCUT2D eigenvalue weighted by Crippen LogP contribution is -2.40. The van der Waals surface area contributed by atoms with Gasteiger partial charge in [-0.1, -0.05) is 141 Å². The number of aliphatic hydroxyl groups excluding tert-OH is 2. The van der Waals surface area contributed by atoms with Crippen molar-refractivity contribution in [1.82, 2.24) is 0 Å². The fourth-order valence-electron chi connectivity index (χ4n) is 5.95. The minimum atomic E-state index is -1.44. The van der Waals surface area contributed by atoms with Crippen molar-refractivity contribution in [3.05, 3.63) is 35.4 Å². The van der Waals surface area contributed by atoms with E-state index in [-0.39, 0.29) is 0 Å². The second-order valence-electron chi connectivity index (χ2n) is 15.8. The topological polar surface area (TPSA) is 121 Å². The van der Waals surface area contributed by atoms with Crippen molar-refractivity contribution in [3.63, 3.8) is 0 Å². The van der Waals surface area contributed by atoms with Gasteiger partial charge in [0.05, 0.1) is 65.4 Å². The Kier molecular flexibility index (Phi) is 31.8. The molecule has 8 nitrogen and oxygen atoms in total. The molecule has 294 valence electrons. The number of benzene rings is 1. The monoisotopic (exact) mass is 709 g/mol. The number of rotatable bonds is 28. The Bertz CT molecular complexity index is 856. The zero-order chi connectivity index (χ0) is 38.3. The van der Waals surface area contributed by atoms with E-state index in [9.17, 15) is 19.8 Å². The summed E-state index contributed by atoms with van der Waals surface area (Å²) in [7, 11) is 9.64. The molecule has 0 saturated carbocycles. The molecule has 0 fully saturated rings. The summed E-state index contributed by atoms with van der Waals surface area (Å²) in [6.07, 6.45) is 25.7. The molecule has 0 aliphatic rings. The lowest BCUT2D eigenvalue weighted by atomic mass is 10.1. The quantitative estimate of drug-likeness (QED) is 0.0721. The van der Waals surface area contributed by atoms with Gasteiger partial charge >= 0.3 is 0 Å². The Morgan fingerprint density at radius 2 is 0.700 bits per heavy atom. The summed E-state index contributed by atoms with van der Waals surface area (Å²) >= 11 is 0. The molecule has 0 radical (unpaired) electrons. The van der Waals surface area contributed by atoms with E-state index in [1.165, 1.54) is 153 Å². The Labute approximate surface area is 308 Å². The molecule has 8 heteroatoms. The van der Waals surface area contributed by atoms with Gasteiger partial charge in [-0.05, 0) is 39.5 Å². The van der Waals surface area contributed by atoms with Crippen LogP contribution in [-0.2, 0) is 22.7 Å². The SMILES string of the molecule is CC(O)C(=O)[O-].CC(O)C(=O)[O-].CCCCCCCCCCCC[N+](C)(C)Cc1ccc(C[N+](C)(C)CCCCCCCCCCCC)cc1. The minimum absolute atomic E-state index is 1.11. The van der Waals surface area contributed by atoms with Crippen LogP contribution in [0.25, 0.3) is 0 Å². The van der Waals surface area contributed by atoms with Crippen molar-refractivity contribution < 1.29 is 39.0 Å². The molecule has 0 saturated heterocycles. The number of carbonyl (C=O) groups excluding carboxylic acids is 2. The molecule has 0 aliphatic carbocycles. The first-order chi connectivity index (χ1) is 23.6. The van der Waals surface area contributed by atoms with E-state index in [2.05, 4.69) is 66.3 Å². The van der Waals surface area contributed by atoms with Crippen LogP contribution in [0.15, 0.2) is 24.3 Å². The van der Waals surface area contributed by atoms with Crippen LogP contribution in [0, 0.1) is 0 Å². The highest BCUT2D eigenvalue weighted by Crippen LogP contribution is 2.18. The van der Waals surface area contributed by atoms with Crippen LogP contribution < -0.4 is 10.2 Å². The zero-order valence-electron chi connectivity index (χ0n) is 33.9. The lowest BCUT2D eigenvalue weighted by Gasteiger charge is -2.31. The van der Waals surface area contributed by atoms with E-state index in [1.54, 1.807) is 0 Å². The van der Waals surface area contributed by atoms with Crippen molar-refractivity contribution in [1.29, 1.82) is 0 Å². The first-order valence-corrected chi connectivity index (χ1v) is 20.1. The first kappa shape index (κ1) is 50.1. The van der Waals surface area contributed by atoms with Gasteiger partial charge in [-0.2, -0.15) is 0 Å². The lowest BCUT2D eigenvalue weighted by molar-refractivity contribution is -0.904. The molecular formula is C42H80N2O6. The van der Waals surface area contributed by atoms with Gasteiger partial charge < -0.3 is 39.0 Å². The number of unbranched alkanes of at least 4 members (excludes halogenated alkanes) is 18. The number of carboxylic acid groups (broad SMARTS) is 2. The number of carboxylic acids is 2. The van der Waals surface area contributed by atoms with Gasteiger partial charge in [0.2, 0.25) is 0 Å². The van der Waals surface area contributed by atoms with Gasteiger partial charge in [0, 0.05) is 11.1 Å². The molecule has 0 heterocycles. The molecule has 0 bridgehead atoms. The predicted molar refractivity (Wildman–Crippen MR) is 205 cm³/mol. The van der Waals surface area contributed by atoms with Crippen LogP contribution in [0.2, 0.25) is 0 Å². The second kappa shape index (κ2) is 31.7. The van der Waals surface area contributed by atoms with Crippen LogP contribution in [0.4, 0.5) is 0 Å². The number of aliphatic hydroxyl groups is 2. The summed E-state index contributed by atoms with van der Waals surface area (Å²) in [5.74, 6) is -2.87. The normalized spacial score (nSPS) is 12.7. The maximum absolute atomic E-state index is 9.34. The molecular weight excluding hydrogens is 628 g/mol. The maximum Gasteiger partial charge on any atom is 0.104 e. The molecule has 0 aromatic heterocycles. The van der Waals surface area contributed by atoms with E-state index in [0.717, 1.165) is 35.9 Å². The Morgan fingerprint density at radius 1 is 0.500 bits per heavy atom. The summed E-state index contributed by atoms with van der Waals surface area (Å²) in [6.45, 7) is 11.8. The third-order valence-electron chi connectivity index (χ3n) is 9.16. The third kappa shape index (κ3) is 34.4. The fourth-order valence-corrected chi connectivity index (χ4v) is 5.95. The van der Waals surface area contributed by atoms with E-state index < -0.39 is 24.1 Å². The standard InChI is InChI=1S/C36H70N2.2C3H6O3/c1-7-9-11-13-15-17-19-21-23-25-31-37(3,4)33-35-27-29-36(30-28-35)34-38(5,6)32-26-24-22-20-18-16-14-12-10-8-2;2*1-2(4)3(5)6/h27-30H,7-26,31-34H2,1-6H3;2*2,4H,1H3,(H,5,6)/q+2;;/p-2. The molecule has 1 aromatic carbocycles. The number of aliphatic carboxylic acids is 2. The molecule has 1 aromatic rings. The summed E-state index contributed by atoms with van der Waals surface area (Å²) in [6, 6.07) is 9.59. The highest BCUT2D eigenvalue weighted by molar-refractivity contribution is 5.69. The fraction of sp³-hybridized carbons (Fsp3) is 0.810. The number of quaternary nitrogens is 2. The number of hydrogen-bond acceptors (Lipinski definition) is 6. The van der Waals surface area contributed by atoms with Crippen LogP contribution in [0.5, 0.6) is 0 Å².